The van der Waals surface area contributed by atoms with Crippen LogP contribution in [0.3, 0.4) is 0 Å². The van der Waals surface area contributed by atoms with Gasteiger partial charge in [-0.2, -0.15) is 16.1 Å². The Labute approximate surface area is 128 Å². The molecule has 1 heterocycles. The molecule has 106 valence electrons. The van der Waals surface area contributed by atoms with Gasteiger partial charge in [0.1, 0.15) is 0 Å². The van der Waals surface area contributed by atoms with Crippen LogP contribution in [0.2, 0.25) is 5.02 Å². The van der Waals surface area contributed by atoms with E-state index in [1.807, 2.05) is 6.92 Å². The molecule has 0 spiro atoms. The highest BCUT2D eigenvalue weighted by molar-refractivity contribution is 8.00. The third-order valence-electron chi connectivity index (χ3n) is 3.00. The van der Waals surface area contributed by atoms with E-state index in [1.54, 1.807) is 30.0 Å². The molecule has 0 amide bonds. The van der Waals surface area contributed by atoms with Crippen molar-refractivity contribution < 1.29 is 8.42 Å². The Morgan fingerprint density at radius 2 is 2.21 bits per heavy atom. The first-order chi connectivity index (χ1) is 8.95. The molecule has 1 unspecified atom stereocenters. The monoisotopic (exact) mass is 339 g/mol. The van der Waals surface area contributed by atoms with E-state index in [1.165, 1.54) is 4.31 Å². The van der Waals surface area contributed by atoms with Crippen LogP contribution in [0.4, 0.5) is 0 Å². The number of nitrogens with zero attached hydrogens (tertiary/aromatic N) is 1. The van der Waals surface area contributed by atoms with E-state index < -0.39 is 10.0 Å². The van der Waals surface area contributed by atoms with Gasteiger partial charge in [0.15, 0.2) is 0 Å². The van der Waals surface area contributed by atoms with Crippen LogP contribution >= 0.6 is 35.0 Å². The van der Waals surface area contributed by atoms with Gasteiger partial charge in [-0.1, -0.05) is 18.5 Å². The fourth-order valence-electron chi connectivity index (χ4n) is 1.97. The molecule has 1 aromatic carbocycles. The molecule has 1 saturated heterocycles. The van der Waals surface area contributed by atoms with Crippen molar-refractivity contribution in [2.24, 2.45) is 0 Å². The molecular weight excluding hydrogens is 325 g/mol. The molecule has 7 heteroatoms. The SMILES string of the molecule is CC1CN(S(=O)(=O)c2ccc(Cl)c(CCl)c2)CCS1. The van der Waals surface area contributed by atoms with Gasteiger partial charge in [-0.05, 0) is 23.8 Å². The Balaban J connectivity index is 2.33. The number of halogens is 2. The van der Waals surface area contributed by atoms with Gasteiger partial charge in [-0.25, -0.2) is 8.42 Å². The van der Waals surface area contributed by atoms with E-state index >= 15 is 0 Å². The highest BCUT2D eigenvalue weighted by Crippen LogP contribution is 2.27. The van der Waals surface area contributed by atoms with Crippen molar-refractivity contribution in [1.29, 1.82) is 0 Å². The van der Waals surface area contributed by atoms with Crippen molar-refractivity contribution in [2.45, 2.75) is 22.9 Å². The van der Waals surface area contributed by atoms with Crippen molar-refractivity contribution in [2.75, 3.05) is 18.8 Å². The highest BCUT2D eigenvalue weighted by atomic mass is 35.5. The average molecular weight is 340 g/mol. The van der Waals surface area contributed by atoms with E-state index in [4.69, 9.17) is 23.2 Å². The topological polar surface area (TPSA) is 37.4 Å². The summed E-state index contributed by atoms with van der Waals surface area (Å²) in [6.07, 6.45) is 0. The van der Waals surface area contributed by atoms with Gasteiger partial charge in [0.05, 0.1) is 4.90 Å². The highest BCUT2D eigenvalue weighted by Gasteiger charge is 2.29. The summed E-state index contributed by atoms with van der Waals surface area (Å²) in [5.41, 5.74) is 0.642. The second kappa shape index (κ2) is 6.22. The summed E-state index contributed by atoms with van der Waals surface area (Å²) in [4.78, 5) is 0.270. The van der Waals surface area contributed by atoms with Gasteiger partial charge in [-0.3, -0.25) is 0 Å². The first kappa shape index (κ1) is 15.4. The number of hydrogen-bond acceptors (Lipinski definition) is 3. The maximum absolute atomic E-state index is 12.5. The van der Waals surface area contributed by atoms with Crippen LogP contribution in [-0.4, -0.2) is 36.8 Å². The summed E-state index contributed by atoms with van der Waals surface area (Å²) >= 11 is 13.5. The standard InChI is InChI=1S/C12H15Cl2NO2S2/c1-9-8-15(4-5-18-9)19(16,17)11-2-3-12(14)10(6-11)7-13/h2-3,6,9H,4-5,7-8H2,1H3. The minimum absolute atomic E-state index is 0.203. The van der Waals surface area contributed by atoms with E-state index in [0.29, 0.717) is 28.9 Å². The zero-order chi connectivity index (χ0) is 14.0. The normalized spacial score (nSPS) is 21.5. The number of thioether (sulfide) groups is 1. The molecule has 1 aliphatic heterocycles. The van der Waals surface area contributed by atoms with E-state index in [0.717, 1.165) is 5.75 Å². The smallest absolute Gasteiger partial charge is 0.207 e. The number of sulfonamides is 1. The van der Waals surface area contributed by atoms with Gasteiger partial charge < -0.3 is 0 Å². The van der Waals surface area contributed by atoms with Crippen LogP contribution < -0.4 is 0 Å². The molecule has 3 nitrogen and oxygen atoms in total. The minimum atomic E-state index is -3.44. The lowest BCUT2D eigenvalue weighted by Gasteiger charge is -2.29. The summed E-state index contributed by atoms with van der Waals surface area (Å²) in [7, 11) is -3.44. The van der Waals surface area contributed by atoms with Crippen molar-refractivity contribution in [3.05, 3.63) is 28.8 Å². The minimum Gasteiger partial charge on any atom is -0.207 e. The van der Waals surface area contributed by atoms with Gasteiger partial charge in [0.25, 0.3) is 0 Å². The summed E-state index contributed by atoms with van der Waals surface area (Å²) in [6, 6.07) is 4.70. The first-order valence-corrected chi connectivity index (χ1v) is 9.31. The quantitative estimate of drug-likeness (QED) is 0.793. The molecule has 1 aromatic rings. The van der Waals surface area contributed by atoms with Gasteiger partial charge in [0.2, 0.25) is 10.0 Å². The third-order valence-corrected chi connectivity index (χ3v) is 6.66. The van der Waals surface area contributed by atoms with Crippen LogP contribution in [0.1, 0.15) is 12.5 Å². The summed E-state index contributed by atoms with van der Waals surface area (Å²) in [6.45, 7) is 3.14. The third kappa shape index (κ3) is 3.39. The fourth-order valence-corrected chi connectivity index (χ4v) is 5.25. The summed E-state index contributed by atoms with van der Waals surface area (Å²) < 4.78 is 26.6. The largest absolute Gasteiger partial charge is 0.243 e. The van der Waals surface area contributed by atoms with E-state index in [2.05, 4.69) is 0 Å². The van der Waals surface area contributed by atoms with Crippen LogP contribution in [0.5, 0.6) is 0 Å². The Morgan fingerprint density at radius 3 is 2.84 bits per heavy atom. The van der Waals surface area contributed by atoms with Crippen molar-refractivity contribution >= 4 is 45.0 Å². The van der Waals surface area contributed by atoms with Crippen molar-refractivity contribution in [3.63, 3.8) is 0 Å². The molecular formula is C12H15Cl2NO2S2. The molecule has 19 heavy (non-hydrogen) atoms. The predicted octanol–water partition coefficient (Wildman–Crippen LogP) is 3.20. The maximum Gasteiger partial charge on any atom is 0.243 e. The molecule has 1 aliphatic rings. The Kier molecular flexibility index (Phi) is 5.06. The molecule has 0 saturated carbocycles. The molecule has 0 N–H and O–H groups in total. The van der Waals surface area contributed by atoms with E-state index in [9.17, 15) is 8.42 Å². The van der Waals surface area contributed by atoms with Crippen LogP contribution in [0.25, 0.3) is 0 Å². The second-order valence-corrected chi connectivity index (χ2v) is 8.59. The van der Waals surface area contributed by atoms with Gasteiger partial charge in [0, 0.05) is 35.0 Å². The second-order valence-electron chi connectivity index (χ2n) is 4.43. The van der Waals surface area contributed by atoms with Crippen molar-refractivity contribution in [3.8, 4) is 0 Å². The molecule has 0 radical (unpaired) electrons. The predicted molar refractivity (Wildman–Crippen MR) is 81.7 cm³/mol. The molecule has 0 aliphatic carbocycles. The lowest BCUT2D eigenvalue weighted by molar-refractivity contribution is 0.424. The average Bonchev–Trinajstić information content (AvgIpc) is 2.39. The van der Waals surface area contributed by atoms with Gasteiger partial charge >= 0.3 is 0 Å². The first-order valence-electron chi connectivity index (χ1n) is 5.91. The lowest BCUT2D eigenvalue weighted by Crippen LogP contribution is -2.40. The zero-order valence-electron chi connectivity index (χ0n) is 10.5. The lowest BCUT2D eigenvalue weighted by atomic mass is 10.2. The zero-order valence-corrected chi connectivity index (χ0v) is 13.6. The Morgan fingerprint density at radius 1 is 1.47 bits per heavy atom. The number of benzene rings is 1. The number of rotatable bonds is 3. The summed E-state index contributed by atoms with van der Waals surface area (Å²) in [5.74, 6) is 1.03. The Hall–Kier alpha value is 0.0600. The van der Waals surface area contributed by atoms with Crippen LogP contribution in [0.15, 0.2) is 23.1 Å². The number of alkyl halides is 1. The molecule has 0 bridgehead atoms. The van der Waals surface area contributed by atoms with Crippen LogP contribution in [-0.2, 0) is 15.9 Å². The molecule has 2 rings (SSSR count). The maximum atomic E-state index is 12.5. The van der Waals surface area contributed by atoms with Gasteiger partial charge in [-0.15, -0.1) is 11.6 Å². The molecule has 0 aromatic heterocycles. The number of hydrogen-bond donors (Lipinski definition) is 0. The molecule has 1 fully saturated rings. The van der Waals surface area contributed by atoms with E-state index in [-0.39, 0.29) is 10.8 Å². The van der Waals surface area contributed by atoms with Crippen molar-refractivity contribution in [1.82, 2.24) is 4.31 Å². The Bertz CT molecular complexity index is 563. The fraction of sp³-hybridized carbons (Fsp3) is 0.500. The summed E-state index contributed by atoms with van der Waals surface area (Å²) in [5, 5.41) is 0.819. The van der Waals surface area contributed by atoms with Crippen LogP contribution in [0, 0.1) is 0 Å². The molecule has 1 atom stereocenters.